The number of furan rings is 1. The number of hydrogen-bond donors (Lipinski definition) is 0. The third-order valence-electron chi connectivity index (χ3n) is 5.15. The lowest BCUT2D eigenvalue weighted by Crippen LogP contribution is -2.25. The molecule has 7 nitrogen and oxygen atoms in total. The van der Waals surface area contributed by atoms with E-state index < -0.39 is 0 Å². The molecule has 5 rings (SSSR count). The van der Waals surface area contributed by atoms with Crippen molar-refractivity contribution in [2.75, 3.05) is 14.2 Å². The van der Waals surface area contributed by atoms with E-state index in [1.807, 2.05) is 60.7 Å². The molecular weight excluding hydrogens is 394 g/mol. The van der Waals surface area contributed by atoms with E-state index in [0.717, 1.165) is 21.7 Å². The molecule has 0 saturated carbocycles. The smallest absolute Gasteiger partial charge is 0.289 e. The molecular formula is C24H19N3O4. The minimum absolute atomic E-state index is 0.160. The van der Waals surface area contributed by atoms with Gasteiger partial charge in [-0.15, -0.1) is 0 Å². The van der Waals surface area contributed by atoms with Crippen molar-refractivity contribution < 1.29 is 18.5 Å². The van der Waals surface area contributed by atoms with Crippen molar-refractivity contribution in [1.29, 1.82) is 0 Å². The Hall–Kier alpha value is -4.13. The first-order valence-electron chi connectivity index (χ1n) is 9.76. The van der Waals surface area contributed by atoms with Crippen LogP contribution in [-0.2, 0) is 6.54 Å². The van der Waals surface area contributed by atoms with Gasteiger partial charge in [0.1, 0.15) is 17.9 Å². The number of rotatable bonds is 5. The van der Waals surface area contributed by atoms with E-state index in [4.69, 9.17) is 13.7 Å². The molecule has 0 radical (unpaired) electrons. The SMILES string of the molecule is COc1cccc(-c2noc(CN(C)C(=O)c3cc4c(ccc5ccccc54)o3)n2)c1. The molecule has 31 heavy (non-hydrogen) atoms. The second-order valence-corrected chi connectivity index (χ2v) is 7.21. The number of methoxy groups -OCH3 is 1. The molecule has 0 spiro atoms. The Bertz CT molecular complexity index is 1400. The summed E-state index contributed by atoms with van der Waals surface area (Å²) in [5.74, 6) is 1.47. The van der Waals surface area contributed by atoms with Gasteiger partial charge in [-0.05, 0) is 35.0 Å². The van der Waals surface area contributed by atoms with E-state index >= 15 is 0 Å². The van der Waals surface area contributed by atoms with E-state index in [-0.39, 0.29) is 18.2 Å². The summed E-state index contributed by atoms with van der Waals surface area (Å²) < 4.78 is 16.4. The van der Waals surface area contributed by atoms with Crippen LogP contribution in [0.25, 0.3) is 33.1 Å². The van der Waals surface area contributed by atoms with Gasteiger partial charge in [-0.1, -0.05) is 47.6 Å². The highest BCUT2D eigenvalue weighted by molar-refractivity contribution is 6.08. The average Bonchev–Trinajstić information content (AvgIpc) is 3.46. The van der Waals surface area contributed by atoms with Gasteiger partial charge in [0, 0.05) is 18.0 Å². The number of ether oxygens (including phenoxy) is 1. The number of carbonyl (C=O) groups excluding carboxylic acids is 1. The first-order valence-corrected chi connectivity index (χ1v) is 9.76. The molecule has 3 aromatic carbocycles. The summed E-state index contributed by atoms with van der Waals surface area (Å²) in [6, 6.07) is 21.0. The number of aromatic nitrogens is 2. The van der Waals surface area contributed by atoms with Gasteiger partial charge in [0.2, 0.25) is 11.7 Å². The molecule has 0 aliphatic carbocycles. The number of hydrogen-bond acceptors (Lipinski definition) is 6. The fourth-order valence-electron chi connectivity index (χ4n) is 3.56. The Kier molecular flexibility index (Phi) is 4.63. The maximum atomic E-state index is 12.9. The maximum absolute atomic E-state index is 12.9. The maximum Gasteiger partial charge on any atom is 0.289 e. The normalized spacial score (nSPS) is 11.2. The third kappa shape index (κ3) is 3.50. The van der Waals surface area contributed by atoms with Gasteiger partial charge in [-0.25, -0.2) is 0 Å². The van der Waals surface area contributed by atoms with E-state index in [2.05, 4.69) is 10.1 Å². The van der Waals surface area contributed by atoms with Crippen LogP contribution in [0.2, 0.25) is 0 Å². The fourth-order valence-corrected chi connectivity index (χ4v) is 3.56. The van der Waals surface area contributed by atoms with Crippen LogP contribution in [0, 0.1) is 0 Å². The van der Waals surface area contributed by atoms with Crippen LogP contribution in [0.1, 0.15) is 16.4 Å². The molecule has 0 unspecified atom stereocenters. The second-order valence-electron chi connectivity index (χ2n) is 7.21. The number of carbonyl (C=O) groups is 1. The van der Waals surface area contributed by atoms with E-state index in [1.165, 1.54) is 4.90 Å². The standard InChI is InChI=1S/C24H19N3O4/c1-27(14-22-25-23(26-31-22)16-7-5-8-17(12-16)29-2)24(28)21-13-19-18-9-4-3-6-15(18)10-11-20(19)30-21/h3-13H,14H2,1-2H3. The van der Waals surface area contributed by atoms with Crippen molar-refractivity contribution in [2.45, 2.75) is 6.54 Å². The monoisotopic (exact) mass is 413 g/mol. The highest BCUT2D eigenvalue weighted by Gasteiger charge is 2.20. The first kappa shape index (κ1) is 18.9. The lowest BCUT2D eigenvalue weighted by molar-refractivity contribution is 0.0740. The molecule has 0 atom stereocenters. The van der Waals surface area contributed by atoms with Gasteiger partial charge in [0.15, 0.2) is 5.76 Å². The molecule has 0 fully saturated rings. The van der Waals surface area contributed by atoms with Gasteiger partial charge >= 0.3 is 0 Å². The molecule has 0 bridgehead atoms. The lowest BCUT2D eigenvalue weighted by Gasteiger charge is -2.12. The van der Waals surface area contributed by atoms with Gasteiger partial charge in [-0.2, -0.15) is 4.98 Å². The quantitative estimate of drug-likeness (QED) is 0.407. The molecule has 154 valence electrons. The zero-order chi connectivity index (χ0) is 21.4. The predicted molar refractivity (Wildman–Crippen MR) is 116 cm³/mol. The topological polar surface area (TPSA) is 81.6 Å². The van der Waals surface area contributed by atoms with E-state index in [0.29, 0.717) is 23.0 Å². The Labute approximate surface area is 177 Å². The predicted octanol–water partition coefficient (Wildman–Crippen LogP) is 4.92. The van der Waals surface area contributed by atoms with Crippen LogP contribution < -0.4 is 4.74 Å². The van der Waals surface area contributed by atoms with Crippen molar-refractivity contribution in [1.82, 2.24) is 15.0 Å². The van der Waals surface area contributed by atoms with Crippen LogP contribution in [0.3, 0.4) is 0 Å². The van der Waals surface area contributed by atoms with Crippen molar-refractivity contribution in [2.24, 2.45) is 0 Å². The third-order valence-corrected chi connectivity index (χ3v) is 5.15. The molecule has 1 amide bonds. The summed E-state index contributed by atoms with van der Waals surface area (Å²) in [6.45, 7) is 0.160. The average molecular weight is 413 g/mol. The van der Waals surface area contributed by atoms with E-state index in [9.17, 15) is 4.79 Å². The van der Waals surface area contributed by atoms with Crippen molar-refractivity contribution in [3.63, 3.8) is 0 Å². The summed E-state index contributed by atoms with van der Waals surface area (Å²) in [5.41, 5.74) is 1.45. The highest BCUT2D eigenvalue weighted by Crippen LogP contribution is 2.29. The number of nitrogens with zero attached hydrogens (tertiary/aromatic N) is 3. The Morgan fingerprint density at radius 2 is 1.90 bits per heavy atom. The molecule has 0 aliphatic heterocycles. The van der Waals surface area contributed by atoms with Crippen molar-refractivity contribution >= 4 is 27.6 Å². The minimum Gasteiger partial charge on any atom is -0.497 e. The minimum atomic E-state index is -0.263. The molecule has 0 N–H and O–H groups in total. The van der Waals surface area contributed by atoms with Crippen molar-refractivity contribution in [3.05, 3.63) is 78.4 Å². The summed E-state index contributed by atoms with van der Waals surface area (Å²) in [4.78, 5) is 18.8. The van der Waals surface area contributed by atoms with E-state index in [1.54, 1.807) is 20.2 Å². The summed E-state index contributed by atoms with van der Waals surface area (Å²) in [7, 11) is 3.27. The first-order chi connectivity index (χ1) is 15.1. The number of benzene rings is 3. The molecule has 2 heterocycles. The Morgan fingerprint density at radius 1 is 1.03 bits per heavy atom. The van der Waals surface area contributed by atoms with Crippen LogP contribution in [0.4, 0.5) is 0 Å². The van der Waals surface area contributed by atoms with Crippen molar-refractivity contribution in [3.8, 4) is 17.1 Å². The van der Waals surface area contributed by atoms with Gasteiger partial charge in [-0.3, -0.25) is 4.79 Å². The Balaban J connectivity index is 1.37. The fraction of sp³-hybridized carbons (Fsp3) is 0.125. The molecule has 2 aromatic heterocycles. The zero-order valence-electron chi connectivity index (χ0n) is 17.0. The van der Waals surface area contributed by atoms with Crippen LogP contribution in [0.15, 0.2) is 75.7 Å². The number of amides is 1. The van der Waals surface area contributed by atoms with Crippen LogP contribution in [0.5, 0.6) is 5.75 Å². The Morgan fingerprint density at radius 3 is 2.77 bits per heavy atom. The summed E-state index contributed by atoms with van der Waals surface area (Å²) in [5, 5.41) is 7.07. The molecule has 5 aromatic rings. The van der Waals surface area contributed by atoms with Crippen LogP contribution >= 0.6 is 0 Å². The molecule has 7 heteroatoms. The van der Waals surface area contributed by atoms with Gasteiger partial charge in [0.25, 0.3) is 5.91 Å². The highest BCUT2D eigenvalue weighted by atomic mass is 16.5. The number of fused-ring (bicyclic) bond motifs is 3. The lowest BCUT2D eigenvalue weighted by atomic mass is 10.1. The van der Waals surface area contributed by atoms with Gasteiger partial charge < -0.3 is 18.6 Å². The van der Waals surface area contributed by atoms with Gasteiger partial charge in [0.05, 0.1) is 7.11 Å². The molecule has 0 saturated heterocycles. The summed E-state index contributed by atoms with van der Waals surface area (Å²) >= 11 is 0. The second kappa shape index (κ2) is 7.60. The summed E-state index contributed by atoms with van der Waals surface area (Å²) in [6.07, 6.45) is 0. The zero-order valence-corrected chi connectivity index (χ0v) is 17.0. The van der Waals surface area contributed by atoms with Crippen LogP contribution in [-0.4, -0.2) is 35.1 Å². The largest absolute Gasteiger partial charge is 0.497 e. The molecule has 0 aliphatic rings.